The number of halogens is 2. The Labute approximate surface area is 129 Å². The number of nitrogens with zero attached hydrogens (tertiary/aromatic N) is 2. The number of imidazole rings is 1. The number of fused-ring (bicyclic) bond motifs is 2. The molecule has 3 aromatic heterocycles. The molecule has 0 aliphatic rings. The van der Waals surface area contributed by atoms with E-state index in [0.717, 1.165) is 16.4 Å². The molecule has 21 heavy (non-hydrogen) atoms. The SMILES string of the molecule is Cl.O=c1[nH]ccc(Cl)c1-c1nc2cc3c[nH][nH]c3cc2n1. The molecule has 8 heteroatoms. The van der Waals surface area contributed by atoms with E-state index < -0.39 is 0 Å². The minimum atomic E-state index is -0.299. The second-order valence-corrected chi connectivity index (χ2v) is 4.83. The first-order valence-electron chi connectivity index (χ1n) is 5.93. The Bertz CT molecular complexity index is 953. The molecule has 0 spiro atoms. The highest BCUT2D eigenvalue weighted by Gasteiger charge is 2.14. The normalized spacial score (nSPS) is 10.9. The van der Waals surface area contributed by atoms with Gasteiger partial charge in [-0.3, -0.25) is 4.79 Å². The molecule has 4 rings (SSSR count). The monoisotopic (exact) mass is 321 g/mol. The van der Waals surface area contributed by atoms with Crippen LogP contribution in [0.15, 0.2) is 35.4 Å². The number of hydrogen-bond acceptors (Lipinski definition) is 3. The molecule has 0 aliphatic carbocycles. The summed E-state index contributed by atoms with van der Waals surface area (Å²) in [6, 6.07) is 5.39. The van der Waals surface area contributed by atoms with Gasteiger partial charge in [-0.2, -0.15) is 0 Å². The van der Waals surface area contributed by atoms with Gasteiger partial charge in [0.05, 0.1) is 21.6 Å². The molecule has 3 heterocycles. The van der Waals surface area contributed by atoms with Gasteiger partial charge in [0.1, 0.15) is 5.56 Å². The van der Waals surface area contributed by atoms with Gasteiger partial charge in [0, 0.05) is 17.8 Å². The largest absolute Gasteiger partial charge is 0.328 e. The Balaban J connectivity index is 0.00000132. The van der Waals surface area contributed by atoms with Crippen LogP contribution in [0.2, 0.25) is 5.02 Å². The summed E-state index contributed by atoms with van der Waals surface area (Å²) < 4.78 is 0. The Morgan fingerprint density at radius 3 is 2.67 bits per heavy atom. The molecule has 1 aromatic carbocycles. The summed E-state index contributed by atoms with van der Waals surface area (Å²) in [5.41, 5.74) is 2.35. The van der Waals surface area contributed by atoms with Gasteiger partial charge in [-0.1, -0.05) is 11.6 Å². The van der Waals surface area contributed by atoms with Crippen molar-refractivity contribution in [2.45, 2.75) is 0 Å². The lowest BCUT2D eigenvalue weighted by atomic mass is 10.2. The summed E-state index contributed by atoms with van der Waals surface area (Å²) in [5.74, 6) is 0.337. The smallest absolute Gasteiger partial charge is 0.260 e. The van der Waals surface area contributed by atoms with E-state index in [1.165, 1.54) is 6.20 Å². The van der Waals surface area contributed by atoms with Crippen LogP contribution in [-0.4, -0.2) is 25.1 Å². The molecule has 6 nitrogen and oxygen atoms in total. The standard InChI is InChI=1S/C13H8ClN5O.ClH/c14-7-1-2-15-13(20)11(7)12-17-9-3-6-5-16-19-8(6)4-10(9)18-12;/h1-5,16,19H,(H,15,20);1H. The third-order valence-corrected chi connectivity index (χ3v) is 3.48. The van der Waals surface area contributed by atoms with Crippen molar-refractivity contribution in [1.82, 2.24) is 25.1 Å². The van der Waals surface area contributed by atoms with E-state index in [1.54, 1.807) is 6.07 Å². The third-order valence-electron chi connectivity index (χ3n) is 3.17. The van der Waals surface area contributed by atoms with Crippen molar-refractivity contribution in [3.05, 3.63) is 46.0 Å². The highest BCUT2D eigenvalue weighted by molar-refractivity contribution is 6.33. The van der Waals surface area contributed by atoms with Gasteiger partial charge >= 0.3 is 0 Å². The maximum absolute atomic E-state index is 11.9. The molecule has 0 radical (unpaired) electrons. The fourth-order valence-corrected chi connectivity index (χ4v) is 2.45. The lowest BCUT2D eigenvalue weighted by molar-refractivity contribution is 1.12. The van der Waals surface area contributed by atoms with Crippen molar-refractivity contribution in [3.63, 3.8) is 0 Å². The molecule has 106 valence electrons. The fraction of sp³-hybridized carbons (Fsp3) is 0. The zero-order valence-corrected chi connectivity index (χ0v) is 12.0. The maximum atomic E-state index is 11.9. The number of aromatic amines is 3. The number of hydrogen-bond donors (Lipinski definition) is 3. The third kappa shape index (κ3) is 2.09. The summed E-state index contributed by atoms with van der Waals surface area (Å²) >= 11 is 6.06. The van der Waals surface area contributed by atoms with Crippen LogP contribution in [0.1, 0.15) is 0 Å². The van der Waals surface area contributed by atoms with Crippen molar-refractivity contribution >= 4 is 45.9 Å². The molecule has 0 saturated heterocycles. The zero-order valence-electron chi connectivity index (χ0n) is 10.5. The number of pyridine rings is 1. The number of H-pyrrole nitrogens is 3. The molecule has 0 unspecified atom stereocenters. The van der Waals surface area contributed by atoms with Gasteiger partial charge in [0.25, 0.3) is 5.56 Å². The Morgan fingerprint density at radius 2 is 1.90 bits per heavy atom. The van der Waals surface area contributed by atoms with Crippen LogP contribution in [-0.2, 0) is 0 Å². The van der Waals surface area contributed by atoms with Gasteiger partial charge < -0.3 is 15.2 Å². The number of rotatable bonds is 1. The zero-order chi connectivity index (χ0) is 13.7. The molecular formula is C13H9Cl2N5O. The van der Waals surface area contributed by atoms with Crippen molar-refractivity contribution in [1.29, 1.82) is 0 Å². The van der Waals surface area contributed by atoms with E-state index in [4.69, 9.17) is 11.6 Å². The fourth-order valence-electron chi connectivity index (χ4n) is 2.22. The van der Waals surface area contributed by atoms with Gasteiger partial charge in [0.15, 0.2) is 5.82 Å². The molecule has 3 N–H and O–H groups in total. The molecule has 0 fully saturated rings. The lowest BCUT2D eigenvalue weighted by Crippen LogP contribution is -2.08. The highest BCUT2D eigenvalue weighted by atomic mass is 35.5. The summed E-state index contributed by atoms with van der Waals surface area (Å²) in [6.07, 6.45) is 3.33. The molecule has 0 atom stereocenters. The topological polar surface area (TPSA) is 90.2 Å². The minimum Gasteiger partial charge on any atom is -0.328 e. The molecule has 0 amide bonds. The number of nitrogens with one attached hydrogen (secondary N) is 3. The van der Waals surface area contributed by atoms with E-state index in [2.05, 4.69) is 25.1 Å². The maximum Gasteiger partial charge on any atom is 0.260 e. The quantitative estimate of drug-likeness (QED) is 0.503. The second kappa shape index (κ2) is 4.91. The van der Waals surface area contributed by atoms with E-state index in [1.807, 2.05) is 18.3 Å². The molecule has 0 bridgehead atoms. The average molecular weight is 322 g/mol. The predicted molar refractivity (Wildman–Crippen MR) is 84.1 cm³/mol. The van der Waals surface area contributed by atoms with Gasteiger partial charge in [-0.15, -0.1) is 12.4 Å². The molecule has 4 aromatic rings. The second-order valence-electron chi connectivity index (χ2n) is 4.42. The van der Waals surface area contributed by atoms with Crippen LogP contribution < -0.4 is 5.56 Å². The van der Waals surface area contributed by atoms with E-state index in [9.17, 15) is 4.79 Å². The van der Waals surface area contributed by atoms with Crippen LogP contribution in [0.3, 0.4) is 0 Å². The molecular weight excluding hydrogens is 313 g/mol. The Morgan fingerprint density at radius 1 is 1.14 bits per heavy atom. The van der Waals surface area contributed by atoms with Crippen molar-refractivity contribution in [2.24, 2.45) is 0 Å². The van der Waals surface area contributed by atoms with Crippen LogP contribution >= 0.6 is 24.0 Å². The molecule has 0 saturated carbocycles. The van der Waals surface area contributed by atoms with E-state index in [-0.39, 0.29) is 18.0 Å². The van der Waals surface area contributed by atoms with Crippen LogP contribution in [0.5, 0.6) is 0 Å². The van der Waals surface area contributed by atoms with E-state index in [0.29, 0.717) is 21.9 Å². The number of benzene rings is 1. The molecule has 0 aliphatic heterocycles. The van der Waals surface area contributed by atoms with Crippen molar-refractivity contribution in [2.75, 3.05) is 0 Å². The highest BCUT2D eigenvalue weighted by Crippen LogP contribution is 2.25. The van der Waals surface area contributed by atoms with Gasteiger partial charge in [-0.05, 0) is 18.2 Å². The first-order chi connectivity index (χ1) is 9.72. The summed E-state index contributed by atoms with van der Waals surface area (Å²) in [5, 5.41) is 7.24. The van der Waals surface area contributed by atoms with Gasteiger partial charge in [-0.25, -0.2) is 9.97 Å². The first kappa shape index (κ1) is 13.7. The average Bonchev–Trinajstić information content (AvgIpc) is 3.00. The van der Waals surface area contributed by atoms with E-state index >= 15 is 0 Å². The summed E-state index contributed by atoms with van der Waals surface area (Å²) in [7, 11) is 0. The van der Waals surface area contributed by atoms with Crippen LogP contribution in [0.25, 0.3) is 33.3 Å². The minimum absolute atomic E-state index is 0. The first-order valence-corrected chi connectivity index (χ1v) is 6.31. The van der Waals surface area contributed by atoms with Gasteiger partial charge in [0.2, 0.25) is 0 Å². The Kier molecular flexibility index (Phi) is 3.19. The summed E-state index contributed by atoms with van der Waals surface area (Å²) in [4.78, 5) is 23.2. The number of aromatic nitrogens is 5. The van der Waals surface area contributed by atoms with Crippen molar-refractivity contribution < 1.29 is 0 Å². The predicted octanol–water partition coefficient (Wildman–Crippen LogP) is 2.87. The van der Waals surface area contributed by atoms with Crippen molar-refractivity contribution in [3.8, 4) is 11.4 Å². The lowest BCUT2D eigenvalue weighted by Gasteiger charge is -1.96. The van der Waals surface area contributed by atoms with Crippen LogP contribution in [0, 0.1) is 0 Å². The Hall–Kier alpha value is -2.31. The van der Waals surface area contributed by atoms with Crippen LogP contribution in [0.4, 0.5) is 0 Å². The summed E-state index contributed by atoms with van der Waals surface area (Å²) in [6.45, 7) is 0.